The maximum absolute atomic E-state index is 6.22. The number of anilines is 1. The largest absolute Gasteiger partial charge is 0.389 e. The summed E-state index contributed by atoms with van der Waals surface area (Å²) in [6.07, 6.45) is 6.29. The Labute approximate surface area is 138 Å². The summed E-state index contributed by atoms with van der Waals surface area (Å²) in [5.41, 5.74) is 7.98. The van der Waals surface area contributed by atoms with Gasteiger partial charge in [-0.1, -0.05) is 50.5 Å². The van der Waals surface area contributed by atoms with E-state index < -0.39 is 0 Å². The van der Waals surface area contributed by atoms with Crippen molar-refractivity contribution in [2.45, 2.75) is 52.0 Å². The Morgan fingerprint density at radius 1 is 1.38 bits per heavy atom. The van der Waals surface area contributed by atoms with Crippen LogP contribution in [0.1, 0.15) is 51.5 Å². The van der Waals surface area contributed by atoms with Gasteiger partial charge in [-0.15, -0.1) is 0 Å². The Kier molecular flexibility index (Phi) is 5.88. The van der Waals surface area contributed by atoms with E-state index in [1.807, 2.05) is 18.2 Å². The highest BCUT2D eigenvalue weighted by molar-refractivity contribution is 7.80. The molecule has 21 heavy (non-hydrogen) atoms. The lowest BCUT2D eigenvalue weighted by Crippen LogP contribution is -2.36. The molecule has 116 valence electrons. The van der Waals surface area contributed by atoms with E-state index in [9.17, 15) is 0 Å². The first kappa shape index (κ1) is 16.6. The van der Waals surface area contributed by atoms with Gasteiger partial charge in [-0.25, -0.2) is 0 Å². The molecule has 1 fully saturated rings. The van der Waals surface area contributed by atoms with E-state index in [1.54, 1.807) is 0 Å². The molecule has 0 amide bonds. The molecule has 0 bridgehead atoms. The van der Waals surface area contributed by atoms with Crippen LogP contribution in [0, 0.1) is 5.92 Å². The molecule has 0 aliphatic heterocycles. The molecular formula is C17H25ClN2S. The number of nitrogens with zero attached hydrogens (tertiary/aromatic N) is 1. The topological polar surface area (TPSA) is 29.3 Å². The number of halogens is 1. The minimum absolute atomic E-state index is 0.453. The van der Waals surface area contributed by atoms with Crippen LogP contribution in [0.2, 0.25) is 5.02 Å². The lowest BCUT2D eigenvalue weighted by molar-refractivity contribution is 0.528. The molecule has 4 heteroatoms. The zero-order valence-corrected chi connectivity index (χ0v) is 14.5. The number of benzene rings is 1. The van der Waals surface area contributed by atoms with Crippen LogP contribution >= 0.6 is 23.8 Å². The summed E-state index contributed by atoms with van der Waals surface area (Å²) in [7, 11) is 0. The van der Waals surface area contributed by atoms with Crippen molar-refractivity contribution in [3.63, 3.8) is 0 Å². The second kappa shape index (κ2) is 7.46. The van der Waals surface area contributed by atoms with Gasteiger partial charge in [0, 0.05) is 28.9 Å². The van der Waals surface area contributed by atoms with Gasteiger partial charge in [-0.2, -0.15) is 0 Å². The first-order valence-electron chi connectivity index (χ1n) is 7.85. The Morgan fingerprint density at radius 2 is 2.05 bits per heavy atom. The number of hydrogen-bond donors (Lipinski definition) is 1. The smallest absolute Gasteiger partial charge is 0.106 e. The molecule has 1 aromatic carbocycles. The predicted octanol–water partition coefficient (Wildman–Crippen LogP) is 4.77. The van der Waals surface area contributed by atoms with E-state index in [-0.39, 0.29) is 0 Å². The normalized spacial score (nSPS) is 15.6. The van der Waals surface area contributed by atoms with Gasteiger partial charge in [0.05, 0.1) is 0 Å². The van der Waals surface area contributed by atoms with Gasteiger partial charge in [-0.05, 0) is 43.4 Å². The Bertz CT molecular complexity index is 496. The molecule has 0 radical (unpaired) electrons. The van der Waals surface area contributed by atoms with E-state index in [0.29, 0.717) is 16.9 Å². The fourth-order valence-electron chi connectivity index (χ4n) is 3.06. The summed E-state index contributed by atoms with van der Waals surface area (Å²) in [5.74, 6) is 0.682. The van der Waals surface area contributed by atoms with Crippen LogP contribution in [0.15, 0.2) is 18.2 Å². The molecule has 0 atom stereocenters. The number of thiocarbonyl (C=S) groups is 1. The summed E-state index contributed by atoms with van der Waals surface area (Å²) in [5, 5.41) is 0.748. The van der Waals surface area contributed by atoms with Crippen molar-refractivity contribution < 1.29 is 0 Å². The summed E-state index contributed by atoms with van der Waals surface area (Å²) < 4.78 is 0. The molecule has 2 rings (SSSR count). The molecule has 0 spiro atoms. The van der Waals surface area contributed by atoms with E-state index in [0.717, 1.165) is 22.8 Å². The van der Waals surface area contributed by atoms with E-state index in [2.05, 4.69) is 18.7 Å². The van der Waals surface area contributed by atoms with E-state index in [4.69, 9.17) is 29.6 Å². The SMILES string of the molecule is CC(C)CCN(c1cc(Cl)ccc1C(N)=S)C1CCCC1. The fourth-order valence-corrected chi connectivity index (χ4v) is 3.40. The Morgan fingerprint density at radius 3 is 2.62 bits per heavy atom. The van der Waals surface area contributed by atoms with Crippen molar-refractivity contribution in [2.24, 2.45) is 11.7 Å². The highest BCUT2D eigenvalue weighted by Crippen LogP contribution is 2.33. The molecule has 0 aromatic heterocycles. The van der Waals surface area contributed by atoms with Gasteiger partial charge in [-0.3, -0.25) is 0 Å². The van der Waals surface area contributed by atoms with Crippen LogP contribution in [-0.4, -0.2) is 17.6 Å². The van der Waals surface area contributed by atoms with Crippen LogP contribution in [-0.2, 0) is 0 Å². The molecule has 1 aliphatic rings. The average molecular weight is 325 g/mol. The van der Waals surface area contributed by atoms with Crippen molar-refractivity contribution in [3.8, 4) is 0 Å². The van der Waals surface area contributed by atoms with Gasteiger partial charge < -0.3 is 10.6 Å². The summed E-state index contributed by atoms with van der Waals surface area (Å²) >= 11 is 11.5. The molecular weight excluding hydrogens is 300 g/mol. The number of hydrogen-bond acceptors (Lipinski definition) is 2. The number of nitrogens with two attached hydrogens (primary N) is 1. The summed E-state index contributed by atoms with van der Waals surface area (Å²) in [6, 6.07) is 6.44. The zero-order chi connectivity index (χ0) is 15.4. The molecule has 0 heterocycles. The van der Waals surface area contributed by atoms with Gasteiger partial charge in [0.2, 0.25) is 0 Å². The molecule has 1 aromatic rings. The Hall–Kier alpha value is -0.800. The lowest BCUT2D eigenvalue weighted by Gasteiger charge is -2.33. The highest BCUT2D eigenvalue weighted by atomic mass is 35.5. The van der Waals surface area contributed by atoms with Crippen molar-refractivity contribution in [1.82, 2.24) is 0 Å². The minimum atomic E-state index is 0.453. The molecule has 1 aliphatic carbocycles. The molecule has 2 N–H and O–H groups in total. The number of rotatable bonds is 6. The summed E-state index contributed by atoms with van der Waals surface area (Å²) in [4.78, 5) is 2.95. The summed E-state index contributed by atoms with van der Waals surface area (Å²) in [6.45, 7) is 5.57. The quantitative estimate of drug-likeness (QED) is 0.764. The second-order valence-electron chi connectivity index (χ2n) is 6.34. The third-order valence-electron chi connectivity index (χ3n) is 4.25. The monoisotopic (exact) mass is 324 g/mol. The van der Waals surface area contributed by atoms with Crippen LogP contribution in [0.3, 0.4) is 0 Å². The third kappa shape index (κ3) is 4.33. The van der Waals surface area contributed by atoms with Crippen LogP contribution in [0.25, 0.3) is 0 Å². The van der Waals surface area contributed by atoms with Gasteiger partial charge in [0.15, 0.2) is 0 Å². The third-order valence-corrected chi connectivity index (χ3v) is 4.70. The van der Waals surface area contributed by atoms with Crippen molar-refractivity contribution in [2.75, 3.05) is 11.4 Å². The predicted molar refractivity (Wildman–Crippen MR) is 96.4 cm³/mol. The molecule has 2 nitrogen and oxygen atoms in total. The zero-order valence-electron chi connectivity index (χ0n) is 12.9. The van der Waals surface area contributed by atoms with Gasteiger partial charge in [0.25, 0.3) is 0 Å². The highest BCUT2D eigenvalue weighted by Gasteiger charge is 2.25. The first-order valence-corrected chi connectivity index (χ1v) is 8.63. The van der Waals surface area contributed by atoms with Crippen molar-refractivity contribution in [3.05, 3.63) is 28.8 Å². The van der Waals surface area contributed by atoms with E-state index >= 15 is 0 Å². The maximum Gasteiger partial charge on any atom is 0.106 e. The van der Waals surface area contributed by atoms with Gasteiger partial charge in [0.1, 0.15) is 4.99 Å². The lowest BCUT2D eigenvalue weighted by atomic mass is 10.1. The van der Waals surface area contributed by atoms with Crippen LogP contribution in [0.4, 0.5) is 5.69 Å². The minimum Gasteiger partial charge on any atom is -0.389 e. The first-order chi connectivity index (χ1) is 9.99. The fraction of sp³-hybridized carbons (Fsp3) is 0.588. The maximum atomic E-state index is 6.22. The molecule has 1 saturated carbocycles. The van der Waals surface area contributed by atoms with Gasteiger partial charge >= 0.3 is 0 Å². The van der Waals surface area contributed by atoms with Crippen molar-refractivity contribution >= 4 is 34.5 Å². The molecule has 0 saturated heterocycles. The Balaban J connectivity index is 2.34. The van der Waals surface area contributed by atoms with Crippen LogP contribution in [0.5, 0.6) is 0 Å². The standard InChI is InChI=1S/C17H25ClN2S/c1-12(2)9-10-20(14-5-3-4-6-14)16-11-13(18)7-8-15(16)17(19)21/h7-8,11-12,14H,3-6,9-10H2,1-2H3,(H2,19,21). The van der Waals surface area contributed by atoms with Crippen LogP contribution < -0.4 is 10.6 Å². The van der Waals surface area contributed by atoms with E-state index in [1.165, 1.54) is 32.1 Å². The van der Waals surface area contributed by atoms with Crippen molar-refractivity contribution in [1.29, 1.82) is 0 Å². The molecule has 0 unspecified atom stereocenters. The second-order valence-corrected chi connectivity index (χ2v) is 7.22. The average Bonchev–Trinajstić information content (AvgIpc) is 2.92.